The maximum absolute atomic E-state index is 13.1. The molecule has 0 bridgehead atoms. The summed E-state index contributed by atoms with van der Waals surface area (Å²) in [5.74, 6) is -0.205. The Balaban J connectivity index is 1.55. The van der Waals surface area contributed by atoms with E-state index in [2.05, 4.69) is 32.6 Å². The van der Waals surface area contributed by atoms with Gasteiger partial charge in [0.1, 0.15) is 18.0 Å². The van der Waals surface area contributed by atoms with E-state index in [9.17, 15) is 9.90 Å². The molecule has 44 heavy (non-hydrogen) atoms. The standard InChI is InChI=1S/C36H54O7Si/c1-25-22-26(2)33(35(38)40-20-21-44(7,8)9)29(23-25)13-11-15-32-34(43-36(4,5)42-32)31(37)14-10-12-27(3)41-24-28-16-18-30(39-6)19-17-28/h10,14,16-19,22-23,27,31-32,34,37H,11-13,15,20-21,24H2,1-9H3/b14-10-/t27-,31?,32-,34+/m0/s1. The van der Waals surface area contributed by atoms with Gasteiger partial charge in [-0.05, 0) is 95.2 Å². The Morgan fingerprint density at radius 3 is 2.48 bits per heavy atom. The fourth-order valence-corrected chi connectivity index (χ4v) is 6.20. The average Bonchev–Trinajstić information content (AvgIpc) is 3.25. The second-order valence-electron chi connectivity index (χ2n) is 13.7. The summed E-state index contributed by atoms with van der Waals surface area (Å²) >= 11 is 0. The normalized spacial score (nSPS) is 19.7. The molecule has 2 aromatic rings. The first-order chi connectivity index (χ1) is 20.7. The van der Waals surface area contributed by atoms with Gasteiger partial charge in [-0.3, -0.25) is 0 Å². The van der Waals surface area contributed by atoms with Gasteiger partial charge in [0, 0.05) is 8.07 Å². The fourth-order valence-electron chi connectivity index (χ4n) is 5.48. The summed E-state index contributed by atoms with van der Waals surface area (Å²) in [4.78, 5) is 13.1. The number of aryl methyl sites for hydroxylation is 3. The van der Waals surface area contributed by atoms with E-state index in [-0.39, 0.29) is 18.2 Å². The van der Waals surface area contributed by atoms with Gasteiger partial charge in [0.25, 0.3) is 0 Å². The number of carbonyl (C=O) groups excluding carboxylic acids is 1. The van der Waals surface area contributed by atoms with Gasteiger partial charge < -0.3 is 28.8 Å². The maximum Gasteiger partial charge on any atom is 0.338 e. The number of hydrogen-bond donors (Lipinski definition) is 1. The number of ether oxygens (including phenoxy) is 5. The van der Waals surface area contributed by atoms with E-state index >= 15 is 0 Å². The van der Waals surface area contributed by atoms with Crippen molar-refractivity contribution in [1.29, 1.82) is 0 Å². The predicted octanol–water partition coefficient (Wildman–Crippen LogP) is 7.56. The zero-order valence-electron chi connectivity index (χ0n) is 28.3. The molecule has 0 radical (unpaired) electrons. The first kappa shape index (κ1) is 36.0. The van der Waals surface area contributed by atoms with Gasteiger partial charge in [0.15, 0.2) is 5.79 Å². The van der Waals surface area contributed by atoms with Crippen molar-refractivity contribution in [2.24, 2.45) is 0 Å². The van der Waals surface area contributed by atoms with Crippen molar-refractivity contribution in [2.75, 3.05) is 13.7 Å². The molecular formula is C36H54O7Si. The zero-order valence-corrected chi connectivity index (χ0v) is 29.3. The first-order valence-corrected chi connectivity index (χ1v) is 19.6. The summed E-state index contributed by atoms with van der Waals surface area (Å²) in [6.45, 7) is 17.6. The average molecular weight is 627 g/mol. The van der Waals surface area contributed by atoms with Gasteiger partial charge in [0.05, 0.1) is 38.1 Å². The van der Waals surface area contributed by atoms with Crippen molar-refractivity contribution in [3.63, 3.8) is 0 Å². The molecule has 3 rings (SSSR count). The minimum atomic E-state index is -1.30. The lowest BCUT2D eigenvalue weighted by atomic mass is 9.93. The highest BCUT2D eigenvalue weighted by Crippen LogP contribution is 2.33. The Morgan fingerprint density at radius 2 is 1.82 bits per heavy atom. The minimum Gasteiger partial charge on any atom is -0.497 e. The first-order valence-electron chi connectivity index (χ1n) is 15.9. The molecule has 1 fully saturated rings. The number of esters is 1. The number of rotatable bonds is 16. The van der Waals surface area contributed by atoms with Crippen LogP contribution in [0.1, 0.15) is 72.6 Å². The van der Waals surface area contributed by atoms with Crippen LogP contribution in [0.4, 0.5) is 0 Å². The van der Waals surface area contributed by atoms with Crippen molar-refractivity contribution in [2.45, 2.75) is 123 Å². The predicted molar refractivity (Wildman–Crippen MR) is 178 cm³/mol. The van der Waals surface area contributed by atoms with Crippen molar-refractivity contribution in [3.05, 3.63) is 76.4 Å². The lowest BCUT2D eigenvalue weighted by molar-refractivity contribution is -0.152. The Bertz CT molecular complexity index is 1230. The molecule has 1 N–H and O–H groups in total. The van der Waals surface area contributed by atoms with Crippen LogP contribution in [-0.2, 0) is 32.0 Å². The molecule has 0 saturated carbocycles. The summed E-state index contributed by atoms with van der Waals surface area (Å²) in [6.07, 6.45) is 5.01. The van der Waals surface area contributed by atoms with E-state index in [1.165, 1.54) is 0 Å². The van der Waals surface area contributed by atoms with E-state index < -0.39 is 26.1 Å². The summed E-state index contributed by atoms with van der Waals surface area (Å²) < 4.78 is 29.3. The molecule has 0 aliphatic carbocycles. The molecule has 1 aliphatic heterocycles. The molecule has 0 aromatic heterocycles. The molecule has 1 heterocycles. The van der Waals surface area contributed by atoms with Crippen molar-refractivity contribution in [1.82, 2.24) is 0 Å². The second kappa shape index (κ2) is 16.2. The molecule has 2 aromatic carbocycles. The van der Waals surface area contributed by atoms with Crippen LogP contribution in [0.3, 0.4) is 0 Å². The summed E-state index contributed by atoms with van der Waals surface area (Å²) in [6, 6.07) is 12.9. The third-order valence-corrected chi connectivity index (χ3v) is 9.54. The van der Waals surface area contributed by atoms with Gasteiger partial charge in [0.2, 0.25) is 0 Å². The number of methoxy groups -OCH3 is 1. The van der Waals surface area contributed by atoms with E-state index in [1.807, 2.05) is 64.1 Å². The van der Waals surface area contributed by atoms with Crippen LogP contribution in [0.5, 0.6) is 5.75 Å². The molecule has 244 valence electrons. The highest BCUT2D eigenvalue weighted by Gasteiger charge is 2.43. The van der Waals surface area contributed by atoms with Gasteiger partial charge in [-0.1, -0.05) is 61.6 Å². The van der Waals surface area contributed by atoms with Gasteiger partial charge in [-0.15, -0.1) is 0 Å². The molecule has 1 saturated heterocycles. The number of hydrogen-bond acceptors (Lipinski definition) is 7. The van der Waals surface area contributed by atoms with Crippen LogP contribution in [0.25, 0.3) is 0 Å². The van der Waals surface area contributed by atoms with Crippen molar-refractivity contribution in [3.8, 4) is 5.75 Å². The van der Waals surface area contributed by atoms with E-state index in [0.717, 1.165) is 40.5 Å². The van der Waals surface area contributed by atoms with Crippen LogP contribution in [0, 0.1) is 13.8 Å². The lowest BCUT2D eigenvalue weighted by Gasteiger charge is -2.21. The summed E-state index contributed by atoms with van der Waals surface area (Å²) in [7, 11) is 0.354. The molecule has 1 unspecified atom stereocenters. The SMILES string of the molecule is COc1ccc(CO[C@@H](C)C/C=C\C(O)[C@H]2OC(C)(C)O[C@H]2CCCc2cc(C)cc(C)c2C(=O)OCC[Si](C)(C)C)cc1. The summed E-state index contributed by atoms with van der Waals surface area (Å²) in [5, 5.41) is 11.1. The lowest BCUT2D eigenvalue weighted by Crippen LogP contribution is -2.34. The minimum absolute atomic E-state index is 0.0113. The molecule has 0 spiro atoms. The highest BCUT2D eigenvalue weighted by molar-refractivity contribution is 6.76. The largest absolute Gasteiger partial charge is 0.497 e. The third kappa shape index (κ3) is 11.5. The van der Waals surface area contributed by atoms with Crippen LogP contribution >= 0.6 is 0 Å². The Labute approximate surface area is 265 Å². The Hall–Kier alpha value is -2.49. The molecule has 1 aliphatic rings. The van der Waals surface area contributed by atoms with E-state index in [4.69, 9.17) is 23.7 Å². The molecule has 8 heteroatoms. The van der Waals surface area contributed by atoms with Gasteiger partial charge in [-0.25, -0.2) is 4.79 Å². The number of benzene rings is 2. The topological polar surface area (TPSA) is 83.5 Å². The summed E-state index contributed by atoms with van der Waals surface area (Å²) in [5.41, 5.74) is 4.82. The number of carbonyl (C=O) groups is 1. The van der Waals surface area contributed by atoms with Crippen LogP contribution in [0.15, 0.2) is 48.6 Å². The molecule has 4 atom stereocenters. The number of aliphatic hydroxyl groups excluding tert-OH is 1. The molecule has 0 amide bonds. The molecular weight excluding hydrogens is 572 g/mol. The van der Waals surface area contributed by atoms with E-state index in [1.54, 1.807) is 13.2 Å². The van der Waals surface area contributed by atoms with E-state index in [0.29, 0.717) is 38.0 Å². The molecule has 7 nitrogen and oxygen atoms in total. The zero-order chi connectivity index (χ0) is 32.5. The quantitative estimate of drug-likeness (QED) is 0.117. The fraction of sp³-hybridized carbons (Fsp3) is 0.583. The van der Waals surface area contributed by atoms with Gasteiger partial charge in [-0.2, -0.15) is 0 Å². The maximum atomic E-state index is 13.1. The second-order valence-corrected chi connectivity index (χ2v) is 19.3. The van der Waals surface area contributed by atoms with Gasteiger partial charge >= 0.3 is 5.97 Å². The smallest absolute Gasteiger partial charge is 0.338 e. The van der Waals surface area contributed by atoms with Crippen molar-refractivity contribution < 1.29 is 33.6 Å². The third-order valence-electron chi connectivity index (χ3n) is 7.84. The van der Waals surface area contributed by atoms with Crippen LogP contribution in [-0.4, -0.2) is 63.1 Å². The van der Waals surface area contributed by atoms with Crippen LogP contribution < -0.4 is 4.74 Å². The van der Waals surface area contributed by atoms with Crippen LogP contribution in [0.2, 0.25) is 25.7 Å². The Kier molecular flexibility index (Phi) is 13.2. The Morgan fingerprint density at radius 1 is 1.11 bits per heavy atom. The number of aliphatic hydroxyl groups is 1. The van der Waals surface area contributed by atoms with Crippen molar-refractivity contribution >= 4 is 14.0 Å². The highest BCUT2D eigenvalue weighted by atomic mass is 28.3. The monoisotopic (exact) mass is 626 g/mol.